The molecule has 0 aliphatic heterocycles. The van der Waals surface area contributed by atoms with Crippen LogP contribution >= 0.6 is 11.6 Å². The Morgan fingerprint density at radius 1 is 1.16 bits per heavy atom. The molecule has 0 radical (unpaired) electrons. The van der Waals surface area contributed by atoms with E-state index >= 15 is 0 Å². The van der Waals surface area contributed by atoms with Gasteiger partial charge >= 0.3 is 11.7 Å². The second-order valence-electron chi connectivity index (χ2n) is 6.93. The number of benzene rings is 2. The number of aromatic nitrogens is 4. The van der Waals surface area contributed by atoms with Gasteiger partial charge in [-0.1, -0.05) is 35.9 Å². The molecule has 32 heavy (non-hydrogen) atoms. The van der Waals surface area contributed by atoms with E-state index in [0.717, 1.165) is 4.57 Å². The molecule has 0 unspecified atom stereocenters. The van der Waals surface area contributed by atoms with Crippen LogP contribution in [0.25, 0.3) is 16.9 Å². The summed E-state index contributed by atoms with van der Waals surface area (Å²) in [4.78, 5) is 43.0. The Balaban J connectivity index is 2.00. The molecule has 0 spiro atoms. The normalized spacial score (nSPS) is 11.1. The van der Waals surface area contributed by atoms with E-state index < -0.39 is 23.0 Å². The Bertz CT molecular complexity index is 1440. The fourth-order valence-electron chi connectivity index (χ4n) is 3.43. The van der Waals surface area contributed by atoms with E-state index in [9.17, 15) is 18.8 Å². The van der Waals surface area contributed by atoms with E-state index in [4.69, 9.17) is 16.3 Å². The van der Waals surface area contributed by atoms with Crippen molar-refractivity contribution in [2.24, 2.45) is 0 Å². The first-order valence-electron chi connectivity index (χ1n) is 9.76. The minimum Gasteiger partial charge on any atom is -0.465 e. The van der Waals surface area contributed by atoms with Crippen molar-refractivity contribution >= 4 is 28.7 Å². The van der Waals surface area contributed by atoms with Crippen LogP contribution in [0, 0.1) is 5.82 Å². The Kier molecular flexibility index (Phi) is 5.91. The van der Waals surface area contributed by atoms with Crippen molar-refractivity contribution in [3.05, 3.63) is 92.1 Å². The van der Waals surface area contributed by atoms with Gasteiger partial charge < -0.3 is 9.30 Å². The van der Waals surface area contributed by atoms with Gasteiger partial charge in [0.15, 0.2) is 11.2 Å². The van der Waals surface area contributed by atoms with Crippen molar-refractivity contribution in [2.45, 2.75) is 20.0 Å². The molecule has 0 saturated heterocycles. The molecule has 0 atom stereocenters. The molecule has 0 saturated carbocycles. The monoisotopic (exact) mass is 456 g/mol. The van der Waals surface area contributed by atoms with E-state index in [-0.39, 0.29) is 36.4 Å². The quantitative estimate of drug-likeness (QED) is 0.416. The van der Waals surface area contributed by atoms with Gasteiger partial charge in [0.1, 0.15) is 12.4 Å². The number of carbonyl (C=O) groups is 1. The number of nitrogens with zero attached hydrogens (tertiary/aromatic N) is 4. The molecule has 4 rings (SSSR count). The van der Waals surface area contributed by atoms with Crippen LogP contribution < -0.4 is 11.2 Å². The summed E-state index contributed by atoms with van der Waals surface area (Å²) in [5.74, 6) is -1.11. The second kappa shape index (κ2) is 8.80. The van der Waals surface area contributed by atoms with E-state index in [1.165, 1.54) is 33.7 Å². The van der Waals surface area contributed by atoms with Crippen LogP contribution in [-0.4, -0.2) is 31.3 Å². The first-order chi connectivity index (χ1) is 15.4. The Morgan fingerprint density at radius 3 is 2.66 bits per heavy atom. The molecule has 0 fully saturated rings. The summed E-state index contributed by atoms with van der Waals surface area (Å²) < 4.78 is 22.7. The molecule has 0 aliphatic rings. The third-order valence-corrected chi connectivity index (χ3v) is 5.09. The van der Waals surface area contributed by atoms with Gasteiger partial charge in [0.2, 0.25) is 0 Å². The summed E-state index contributed by atoms with van der Waals surface area (Å²) in [6, 6.07) is 12.3. The Labute approximate surface area is 186 Å². The zero-order valence-electron chi connectivity index (χ0n) is 17.0. The molecule has 10 heteroatoms. The molecule has 0 N–H and O–H groups in total. The number of ether oxygens (including phenoxy) is 1. The van der Waals surface area contributed by atoms with Crippen molar-refractivity contribution in [1.29, 1.82) is 0 Å². The number of hydrogen-bond acceptors (Lipinski definition) is 5. The maximum Gasteiger partial charge on any atom is 0.337 e. The van der Waals surface area contributed by atoms with Crippen LogP contribution in [-0.2, 0) is 22.6 Å². The highest BCUT2D eigenvalue weighted by Gasteiger charge is 2.21. The van der Waals surface area contributed by atoms with E-state index in [1.54, 1.807) is 37.3 Å². The van der Waals surface area contributed by atoms with Gasteiger partial charge in [0.25, 0.3) is 5.56 Å². The van der Waals surface area contributed by atoms with Gasteiger partial charge in [0.05, 0.1) is 25.2 Å². The van der Waals surface area contributed by atoms with Gasteiger partial charge in [-0.3, -0.25) is 14.2 Å². The number of carbonyl (C=O) groups excluding carboxylic acids is 1. The summed E-state index contributed by atoms with van der Waals surface area (Å²) in [6.07, 6.45) is 1.29. The predicted octanol–water partition coefficient (Wildman–Crippen LogP) is 2.75. The smallest absolute Gasteiger partial charge is 0.337 e. The molecule has 0 amide bonds. The number of hydrogen-bond donors (Lipinski definition) is 0. The first kappa shape index (κ1) is 21.5. The maximum atomic E-state index is 14.3. The molecule has 2 aromatic carbocycles. The molecule has 2 aromatic heterocycles. The molecular weight excluding hydrogens is 439 g/mol. The fraction of sp³-hybridized carbons (Fsp3) is 0.182. The minimum absolute atomic E-state index is 0.00830. The van der Waals surface area contributed by atoms with Crippen LogP contribution in [0.15, 0.2) is 64.4 Å². The van der Waals surface area contributed by atoms with Gasteiger partial charge in [0, 0.05) is 10.6 Å². The summed E-state index contributed by atoms with van der Waals surface area (Å²) in [6.45, 7) is 1.27. The van der Waals surface area contributed by atoms with E-state index in [0.29, 0.717) is 10.7 Å². The van der Waals surface area contributed by atoms with Crippen molar-refractivity contribution < 1.29 is 13.9 Å². The van der Waals surface area contributed by atoms with Gasteiger partial charge in [-0.2, -0.15) is 0 Å². The average Bonchev–Trinajstić information content (AvgIpc) is 3.16. The lowest BCUT2D eigenvalue weighted by Crippen LogP contribution is -2.40. The van der Waals surface area contributed by atoms with E-state index in [2.05, 4.69) is 4.98 Å². The van der Waals surface area contributed by atoms with Gasteiger partial charge in [-0.15, -0.1) is 0 Å². The maximum absolute atomic E-state index is 14.3. The molecule has 8 nitrogen and oxygen atoms in total. The lowest BCUT2D eigenvalue weighted by atomic mass is 10.2. The zero-order chi connectivity index (χ0) is 22.8. The molecule has 0 bridgehead atoms. The van der Waals surface area contributed by atoms with E-state index in [1.807, 2.05) is 0 Å². The van der Waals surface area contributed by atoms with Crippen LogP contribution in [0.3, 0.4) is 0 Å². The minimum atomic E-state index is -0.714. The first-order valence-corrected chi connectivity index (χ1v) is 10.1. The molecule has 2 heterocycles. The Morgan fingerprint density at radius 2 is 1.94 bits per heavy atom. The van der Waals surface area contributed by atoms with Crippen LogP contribution in [0.1, 0.15) is 12.5 Å². The summed E-state index contributed by atoms with van der Waals surface area (Å²) in [5.41, 5.74) is -0.815. The van der Waals surface area contributed by atoms with Crippen molar-refractivity contribution in [1.82, 2.24) is 18.7 Å². The highest BCUT2D eigenvalue weighted by molar-refractivity contribution is 6.30. The lowest BCUT2D eigenvalue weighted by Gasteiger charge is -2.13. The predicted molar refractivity (Wildman–Crippen MR) is 117 cm³/mol. The summed E-state index contributed by atoms with van der Waals surface area (Å²) in [5, 5.41) is 0.375. The average molecular weight is 457 g/mol. The molecule has 0 aliphatic carbocycles. The van der Waals surface area contributed by atoms with Crippen LogP contribution in [0.5, 0.6) is 0 Å². The third-order valence-electron chi connectivity index (χ3n) is 4.86. The number of rotatable bonds is 6. The fourth-order valence-corrected chi connectivity index (χ4v) is 3.61. The number of halogens is 2. The molecule has 4 aromatic rings. The number of fused-ring (bicyclic) bond motifs is 1. The lowest BCUT2D eigenvalue weighted by molar-refractivity contribution is -0.143. The third kappa shape index (κ3) is 3.94. The summed E-state index contributed by atoms with van der Waals surface area (Å²) in [7, 11) is 0. The SMILES string of the molecule is CCOC(=O)Cn1cnc2c1c(=O)n(Cc1ccccc1F)c(=O)n2-c1cccc(Cl)c1. The number of imidazole rings is 1. The zero-order valence-corrected chi connectivity index (χ0v) is 17.8. The topological polar surface area (TPSA) is 88.1 Å². The van der Waals surface area contributed by atoms with Crippen molar-refractivity contribution in [3.63, 3.8) is 0 Å². The highest BCUT2D eigenvalue weighted by atomic mass is 35.5. The van der Waals surface area contributed by atoms with Crippen molar-refractivity contribution in [2.75, 3.05) is 6.61 Å². The molecule has 164 valence electrons. The van der Waals surface area contributed by atoms with Gasteiger partial charge in [-0.25, -0.2) is 18.7 Å². The number of esters is 1. The largest absolute Gasteiger partial charge is 0.465 e. The second-order valence-corrected chi connectivity index (χ2v) is 7.37. The highest BCUT2D eigenvalue weighted by Crippen LogP contribution is 2.17. The summed E-state index contributed by atoms with van der Waals surface area (Å²) >= 11 is 6.11. The van der Waals surface area contributed by atoms with Gasteiger partial charge in [-0.05, 0) is 31.2 Å². The van der Waals surface area contributed by atoms with Crippen LogP contribution in [0.2, 0.25) is 5.02 Å². The molecular formula is C22H18ClFN4O4. The standard InChI is InChI=1S/C22H18ClFN4O4/c1-2-32-18(29)12-26-13-25-20-19(26)21(30)27(11-14-6-3-4-9-17(14)24)22(31)28(20)16-8-5-7-15(23)10-16/h3-10,13H,2,11-12H2,1H3. The Hall–Kier alpha value is -3.72. The van der Waals surface area contributed by atoms with Crippen LogP contribution in [0.4, 0.5) is 4.39 Å². The van der Waals surface area contributed by atoms with Crippen molar-refractivity contribution in [3.8, 4) is 5.69 Å².